The Kier molecular flexibility index (Phi) is 8.04. The van der Waals surface area contributed by atoms with Crippen molar-refractivity contribution in [3.63, 3.8) is 0 Å². The van der Waals surface area contributed by atoms with Gasteiger partial charge in [0.2, 0.25) is 5.91 Å². The molecule has 2 rings (SSSR count). The second kappa shape index (κ2) is 8.99. The van der Waals surface area contributed by atoms with Gasteiger partial charge in [-0.1, -0.05) is 19.3 Å². The van der Waals surface area contributed by atoms with Crippen LogP contribution < -0.4 is 5.32 Å². The second-order valence-corrected chi connectivity index (χ2v) is 6.69. The molecule has 1 amide bonds. The smallest absolute Gasteiger partial charge is 0.223 e. The lowest BCUT2D eigenvalue weighted by Crippen LogP contribution is -2.46. The number of nitrogens with zero attached hydrogens (tertiary/aromatic N) is 1. The van der Waals surface area contributed by atoms with E-state index in [9.17, 15) is 4.79 Å². The number of nitrogens with one attached hydrogen (secondary N) is 1. The lowest BCUT2D eigenvalue weighted by Gasteiger charge is -2.46. The average molecular weight is 317 g/mol. The van der Waals surface area contributed by atoms with E-state index in [2.05, 4.69) is 19.2 Å². The number of carbonyl (C=O) groups excluding carboxylic acids is 1. The van der Waals surface area contributed by atoms with Crippen LogP contribution in [0.15, 0.2) is 0 Å². The average Bonchev–Trinajstić information content (AvgIpc) is 2.50. The molecule has 0 aromatic carbocycles. The minimum atomic E-state index is 0. The molecular formula is C17H33ClN2O. The van der Waals surface area contributed by atoms with E-state index in [0.717, 1.165) is 38.5 Å². The molecule has 1 heterocycles. The van der Waals surface area contributed by atoms with Gasteiger partial charge in [-0.05, 0) is 64.0 Å². The van der Waals surface area contributed by atoms with Gasteiger partial charge < -0.3 is 10.2 Å². The number of amides is 1. The van der Waals surface area contributed by atoms with Crippen LogP contribution in [0, 0.1) is 11.3 Å². The van der Waals surface area contributed by atoms with Crippen molar-refractivity contribution in [3.05, 3.63) is 0 Å². The van der Waals surface area contributed by atoms with E-state index in [1.54, 1.807) is 0 Å². The maximum atomic E-state index is 12.6. The molecule has 1 saturated carbocycles. The summed E-state index contributed by atoms with van der Waals surface area (Å²) in [6.45, 7) is 8.10. The van der Waals surface area contributed by atoms with Gasteiger partial charge >= 0.3 is 0 Å². The molecule has 1 aliphatic heterocycles. The third-order valence-electron chi connectivity index (χ3n) is 5.69. The van der Waals surface area contributed by atoms with Gasteiger partial charge in [-0.2, -0.15) is 0 Å². The summed E-state index contributed by atoms with van der Waals surface area (Å²) in [4.78, 5) is 14.6. The molecule has 2 aliphatic rings. The Balaban J connectivity index is 0.00000220. The Morgan fingerprint density at radius 2 is 1.67 bits per heavy atom. The van der Waals surface area contributed by atoms with Crippen molar-refractivity contribution < 1.29 is 4.79 Å². The van der Waals surface area contributed by atoms with Gasteiger partial charge in [0.15, 0.2) is 0 Å². The fourth-order valence-electron chi connectivity index (χ4n) is 4.36. The van der Waals surface area contributed by atoms with E-state index in [4.69, 9.17) is 0 Å². The Bertz CT molecular complexity index is 306. The summed E-state index contributed by atoms with van der Waals surface area (Å²) >= 11 is 0. The summed E-state index contributed by atoms with van der Waals surface area (Å²) in [6.07, 6.45) is 10.0. The van der Waals surface area contributed by atoms with Crippen LogP contribution in [0.1, 0.15) is 65.2 Å². The largest absolute Gasteiger partial charge is 0.343 e. The van der Waals surface area contributed by atoms with E-state index in [0.29, 0.717) is 11.3 Å². The van der Waals surface area contributed by atoms with Crippen LogP contribution in [0.25, 0.3) is 0 Å². The van der Waals surface area contributed by atoms with Crippen LogP contribution in [0.2, 0.25) is 0 Å². The maximum absolute atomic E-state index is 12.6. The maximum Gasteiger partial charge on any atom is 0.223 e. The fraction of sp³-hybridized carbons (Fsp3) is 0.941. The minimum absolute atomic E-state index is 0. The van der Waals surface area contributed by atoms with Crippen molar-refractivity contribution in [3.8, 4) is 0 Å². The number of hydrogen-bond acceptors (Lipinski definition) is 2. The van der Waals surface area contributed by atoms with Crippen molar-refractivity contribution >= 4 is 18.3 Å². The van der Waals surface area contributed by atoms with E-state index in [1.165, 1.54) is 44.9 Å². The monoisotopic (exact) mass is 316 g/mol. The van der Waals surface area contributed by atoms with Gasteiger partial charge in [0.05, 0.1) is 0 Å². The molecule has 1 saturated heterocycles. The van der Waals surface area contributed by atoms with Crippen molar-refractivity contribution in [2.24, 2.45) is 11.3 Å². The van der Waals surface area contributed by atoms with Crippen molar-refractivity contribution in [2.75, 3.05) is 26.2 Å². The van der Waals surface area contributed by atoms with Gasteiger partial charge in [0, 0.05) is 19.5 Å². The van der Waals surface area contributed by atoms with E-state index < -0.39 is 0 Å². The summed E-state index contributed by atoms with van der Waals surface area (Å²) < 4.78 is 0. The summed E-state index contributed by atoms with van der Waals surface area (Å²) in [7, 11) is 0. The summed E-state index contributed by atoms with van der Waals surface area (Å²) in [5.74, 6) is 1.18. The van der Waals surface area contributed by atoms with Crippen LogP contribution in [0.4, 0.5) is 0 Å². The number of hydrogen-bond donors (Lipinski definition) is 1. The van der Waals surface area contributed by atoms with Gasteiger partial charge in [0.1, 0.15) is 0 Å². The molecule has 1 aliphatic carbocycles. The molecule has 0 unspecified atom stereocenters. The molecule has 0 aromatic rings. The minimum Gasteiger partial charge on any atom is -0.343 e. The lowest BCUT2D eigenvalue weighted by molar-refractivity contribution is -0.135. The van der Waals surface area contributed by atoms with Gasteiger partial charge in [-0.3, -0.25) is 4.79 Å². The first kappa shape index (κ1) is 18.8. The standard InChI is InChI=1S/C17H32N2O.ClH/c1-3-19(4-2)16(20)14-17(10-12-18-13-11-17)15-8-6-5-7-9-15;/h15,18H,3-14H2,1-2H3;1H. The topological polar surface area (TPSA) is 32.3 Å². The van der Waals surface area contributed by atoms with Gasteiger partial charge in [-0.25, -0.2) is 0 Å². The van der Waals surface area contributed by atoms with Crippen molar-refractivity contribution in [2.45, 2.75) is 65.2 Å². The van der Waals surface area contributed by atoms with Crippen LogP contribution >= 0.6 is 12.4 Å². The Morgan fingerprint density at radius 3 is 2.19 bits per heavy atom. The highest BCUT2D eigenvalue weighted by molar-refractivity contribution is 5.85. The summed E-state index contributed by atoms with van der Waals surface area (Å²) in [5, 5.41) is 3.48. The number of carbonyl (C=O) groups is 1. The zero-order chi connectivity index (χ0) is 14.4. The van der Waals surface area contributed by atoms with Crippen molar-refractivity contribution in [1.29, 1.82) is 0 Å². The van der Waals surface area contributed by atoms with Gasteiger partial charge in [-0.15, -0.1) is 12.4 Å². The molecule has 0 atom stereocenters. The zero-order valence-corrected chi connectivity index (χ0v) is 14.6. The van der Waals surface area contributed by atoms with Crippen LogP contribution in [-0.2, 0) is 4.79 Å². The van der Waals surface area contributed by atoms with Gasteiger partial charge in [0.25, 0.3) is 0 Å². The van der Waals surface area contributed by atoms with E-state index in [1.807, 2.05) is 4.90 Å². The third kappa shape index (κ3) is 4.59. The highest BCUT2D eigenvalue weighted by Crippen LogP contribution is 2.47. The van der Waals surface area contributed by atoms with Crippen molar-refractivity contribution in [1.82, 2.24) is 10.2 Å². The zero-order valence-electron chi connectivity index (χ0n) is 13.8. The number of halogens is 1. The Labute approximate surface area is 136 Å². The molecule has 0 spiro atoms. The predicted molar refractivity (Wildman–Crippen MR) is 90.9 cm³/mol. The molecule has 0 aromatic heterocycles. The predicted octanol–water partition coefficient (Wildman–Crippen LogP) is 3.62. The van der Waals surface area contributed by atoms with Crippen LogP contribution in [-0.4, -0.2) is 37.0 Å². The third-order valence-corrected chi connectivity index (χ3v) is 5.69. The summed E-state index contributed by atoms with van der Waals surface area (Å²) in [5.41, 5.74) is 0.297. The lowest BCUT2D eigenvalue weighted by atomic mass is 9.62. The highest BCUT2D eigenvalue weighted by atomic mass is 35.5. The molecule has 2 fully saturated rings. The molecule has 0 radical (unpaired) electrons. The SMILES string of the molecule is CCN(CC)C(=O)CC1(C2CCCCC2)CCNCC1.Cl. The highest BCUT2D eigenvalue weighted by Gasteiger charge is 2.42. The molecule has 3 nitrogen and oxygen atoms in total. The first-order valence-corrected chi connectivity index (χ1v) is 8.70. The first-order valence-electron chi connectivity index (χ1n) is 8.70. The van der Waals surface area contributed by atoms with Crippen LogP contribution in [0.3, 0.4) is 0 Å². The second-order valence-electron chi connectivity index (χ2n) is 6.69. The fourth-order valence-corrected chi connectivity index (χ4v) is 4.36. The Morgan fingerprint density at radius 1 is 1.10 bits per heavy atom. The number of rotatable bonds is 5. The first-order chi connectivity index (χ1) is 9.72. The quantitative estimate of drug-likeness (QED) is 0.840. The molecule has 0 bridgehead atoms. The molecular weight excluding hydrogens is 284 g/mol. The molecule has 21 heavy (non-hydrogen) atoms. The molecule has 124 valence electrons. The van der Waals surface area contributed by atoms with E-state index >= 15 is 0 Å². The number of piperidine rings is 1. The van der Waals surface area contributed by atoms with E-state index in [-0.39, 0.29) is 12.4 Å². The molecule has 4 heteroatoms. The summed E-state index contributed by atoms with van der Waals surface area (Å²) in [6, 6.07) is 0. The normalized spacial score (nSPS) is 22.4. The molecule has 1 N–H and O–H groups in total. The Hall–Kier alpha value is -0.280. The van der Waals surface area contributed by atoms with Crippen LogP contribution in [0.5, 0.6) is 0 Å².